The van der Waals surface area contributed by atoms with Gasteiger partial charge >= 0.3 is 11.9 Å². The Hall–Kier alpha value is -2.56. The first-order valence-electron chi connectivity index (χ1n) is 9.34. The molecule has 0 saturated heterocycles. The van der Waals surface area contributed by atoms with Crippen molar-refractivity contribution in [3.8, 4) is 0 Å². The van der Waals surface area contributed by atoms with Gasteiger partial charge in [0.25, 0.3) is 0 Å². The van der Waals surface area contributed by atoms with Gasteiger partial charge in [-0.05, 0) is 33.3 Å². The molecule has 0 unspecified atom stereocenters. The minimum absolute atomic E-state index is 0.280. The van der Waals surface area contributed by atoms with Crippen molar-refractivity contribution in [3.05, 3.63) is 58.4 Å². The third kappa shape index (κ3) is 4.07. The Kier molecular flexibility index (Phi) is 6.47. The summed E-state index contributed by atoms with van der Waals surface area (Å²) in [6.07, 6.45) is 0. The van der Waals surface area contributed by atoms with Crippen LogP contribution < -0.4 is 0 Å². The lowest BCUT2D eigenvalue weighted by Crippen LogP contribution is -2.40. The summed E-state index contributed by atoms with van der Waals surface area (Å²) in [6, 6.07) is 9.95. The standard InChI is InChI=1S/C22H29NO4/c1-7-26-20(24)18-15(3)23(14-17-12-10-9-11-13-17)16(4)19(22(18,5)6)21(25)27-8-2/h9-13H,7-8,14H2,1-6H3. The number of nitrogens with zero attached hydrogens (tertiary/aromatic N) is 1. The molecule has 0 N–H and O–H groups in total. The smallest absolute Gasteiger partial charge is 0.336 e. The van der Waals surface area contributed by atoms with E-state index in [0.717, 1.165) is 17.0 Å². The second kappa shape index (κ2) is 8.42. The van der Waals surface area contributed by atoms with Crippen molar-refractivity contribution in [2.24, 2.45) is 5.41 Å². The van der Waals surface area contributed by atoms with Crippen molar-refractivity contribution in [1.29, 1.82) is 0 Å². The van der Waals surface area contributed by atoms with Crippen LogP contribution >= 0.6 is 0 Å². The highest BCUT2D eigenvalue weighted by atomic mass is 16.5. The van der Waals surface area contributed by atoms with Gasteiger partial charge in [0, 0.05) is 23.4 Å². The molecular formula is C22H29NO4. The molecule has 27 heavy (non-hydrogen) atoms. The highest BCUT2D eigenvalue weighted by molar-refractivity contribution is 5.99. The number of hydrogen-bond acceptors (Lipinski definition) is 5. The molecule has 5 heteroatoms. The van der Waals surface area contributed by atoms with Gasteiger partial charge in [-0.25, -0.2) is 9.59 Å². The molecule has 0 aliphatic carbocycles. The van der Waals surface area contributed by atoms with Crippen molar-refractivity contribution in [2.75, 3.05) is 13.2 Å². The molecule has 0 aromatic heterocycles. The van der Waals surface area contributed by atoms with Crippen molar-refractivity contribution >= 4 is 11.9 Å². The molecule has 2 rings (SSSR count). The number of carbonyl (C=O) groups is 2. The largest absolute Gasteiger partial charge is 0.463 e. The Balaban J connectivity index is 2.61. The van der Waals surface area contributed by atoms with E-state index in [2.05, 4.69) is 0 Å². The quantitative estimate of drug-likeness (QED) is 0.702. The first-order chi connectivity index (χ1) is 12.8. The van der Waals surface area contributed by atoms with E-state index < -0.39 is 17.4 Å². The minimum atomic E-state index is -0.806. The third-order valence-electron chi connectivity index (χ3n) is 4.93. The van der Waals surface area contributed by atoms with E-state index in [-0.39, 0.29) is 13.2 Å². The van der Waals surface area contributed by atoms with Gasteiger partial charge in [-0.2, -0.15) is 0 Å². The van der Waals surface area contributed by atoms with Gasteiger partial charge < -0.3 is 14.4 Å². The predicted molar refractivity (Wildman–Crippen MR) is 104 cm³/mol. The van der Waals surface area contributed by atoms with Crippen LogP contribution in [0.25, 0.3) is 0 Å². The topological polar surface area (TPSA) is 55.8 Å². The molecule has 0 radical (unpaired) electrons. The molecule has 1 heterocycles. The second-order valence-corrected chi connectivity index (χ2v) is 7.06. The first kappa shape index (κ1) is 20.7. The average Bonchev–Trinajstić information content (AvgIpc) is 2.59. The monoisotopic (exact) mass is 371 g/mol. The molecule has 146 valence electrons. The molecular weight excluding hydrogens is 342 g/mol. The Morgan fingerprint density at radius 2 is 1.33 bits per heavy atom. The second-order valence-electron chi connectivity index (χ2n) is 7.06. The van der Waals surface area contributed by atoms with Crippen molar-refractivity contribution in [3.63, 3.8) is 0 Å². The number of allylic oxidation sites excluding steroid dienone is 2. The molecule has 0 fully saturated rings. The fourth-order valence-corrected chi connectivity index (χ4v) is 3.77. The third-order valence-corrected chi connectivity index (χ3v) is 4.93. The minimum Gasteiger partial charge on any atom is -0.463 e. The van der Waals surface area contributed by atoms with Crippen LogP contribution in [-0.4, -0.2) is 30.1 Å². The van der Waals surface area contributed by atoms with Gasteiger partial charge in [0.2, 0.25) is 0 Å². The number of benzene rings is 1. The predicted octanol–water partition coefficient (Wildman–Crippen LogP) is 4.20. The molecule has 1 aromatic carbocycles. The van der Waals surface area contributed by atoms with Crippen LogP contribution in [0.3, 0.4) is 0 Å². The molecule has 1 aliphatic rings. The summed E-state index contributed by atoms with van der Waals surface area (Å²) in [4.78, 5) is 27.5. The fourth-order valence-electron chi connectivity index (χ4n) is 3.77. The number of hydrogen-bond donors (Lipinski definition) is 0. The van der Waals surface area contributed by atoms with Crippen LogP contribution in [0, 0.1) is 5.41 Å². The Morgan fingerprint density at radius 1 is 0.889 bits per heavy atom. The van der Waals surface area contributed by atoms with Crippen LogP contribution in [0.2, 0.25) is 0 Å². The molecule has 0 atom stereocenters. The zero-order valence-corrected chi connectivity index (χ0v) is 17.1. The normalized spacial score (nSPS) is 16.4. The van der Waals surface area contributed by atoms with Gasteiger partial charge in [-0.15, -0.1) is 0 Å². The summed E-state index contributed by atoms with van der Waals surface area (Å²) in [7, 11) is 0. The van der Waals surface area contributed by atoms with Gasteiger partial charge in [-0.3, -0.25) is 0 Å². The zero-order chi connectivity index (χ0) is 20.2. The van der Waals surface area contributed by atoms with Crippen LogP contribution in [0.4, 0.5) is 0 Å². The number of rotatable bonds is 6. The van der Waals surface area contributed by atoms with Gasteiger partial charge in [0.05, 0.1) is 24.4 Å². The summed E-state index contributed by atoms with van der Waals surface area (Å²) in [5.74, 6) is -0.792. The van der Waals surface area contributed by atoms with Crippen LogP contribution in [0.15, 0.2) is 52.9 Å². The summed E-state index contributed by atoms with van der Waals surface area (Å²) in [5, 5.41) is 0. The van der Waals surface area contributed by atoms with E-state index in [1.165, 1.54) is 0 Å². The maximum atomic E-state index is 12.8. The Bertz CT molecular complexity index is 731. The van der Waals surface area contributed by atoms with E-state index in [9.17, 15) is 9.59 Å². The molecule has 0 bridgehead atoms. The van der Waals surface area contributed by atoms with Crippen LogP contribution in [0.1, 0.15) is 47.1 Å². The van der Waals surface area contributed by atoms with Gasteiger partial charge in [-0.1, -0.05) is 44.2 Å². The first-order valence-corrected chi connectivity index (χ1v) is 9.34. The Morgan fingerprint density at radius 3 is 1.74 bits per heavy atom. The molecule has 5 nitrogen and oxygen atoms in total. The van der Waals surface area contributed by atoms with Crippen molar-refractivity contribution < 1.29 is 19.1 Å². The average molecular weight is 371 g/mol. The summed E-state index contributed by atoms with van der Waals surface area (Å²) in [6.45, 7) is 12.2. The van der Waals surface area contributed by atoms with Crippen LogP contribution in [0.5, 0.6) is 0 Å². The van der Waals surface area contributed by atoms with Crippen LogP contribution in [-0.2, 0) is 25.6 Å². The summed E-state index contributed by atoms with van der Waals surface area (Å²) in [5.41, 5.74) is 2.87. The number of carbonyl (C=O) groups excluding carboxylic acids is 2. The van der Waals surface area contributed by atoms with E-state index in [4.69, 9.17) is 9.47 Å². The molecule has 1 aromatic rings. The maximum Gasteiger partial charge on any atom is 0.336 e. The lowest BCUT2D eigenvalue weighted by molar-refractivity contribution is -0.141. The summed E-state index contributed by atoms with van der Waals surface area (Å²) >= 11 is 0. The van der Waals surface area contributed by atoms with Gasteiger partial charge in [0.1, 0.15) is 0 Å². The fraction of sp³-hybridized carbons (Fsp3) is 0.455. The van der Waals surface area contributed by atoms with Crippen molar-refractivity contribution in [2.45, 2.75) is 48.1 Å². The lowest BCUT2D eigenvalue weighted by Gasteiger charge is -2.41. The molecule has 0 spiro atoms. The molecule has 0 saturated carbocycles. The number of esters is 2. The van der Waals surface area contributed by atoms with E-state index in [1.54, 1.807) is 13.8 Å². The van der Waals surface area contributed by atoms with E-state index in [0.29, 0.717) is 17.7 Å². The highest BCUT2D eigenvalue weighted by Gasteiger charge is 2.45. The van der Waals surface area contributed by atoms with E-state index >= 15 is 0 Å². The highest BCUT2D eigenvalue weighted by Crippen LogP contribution is 2.45. The van der Waals surface area contributed by atoms with E-state index in [1.807, 2.05) is 62.9 Å². The Labute approximate surface area is 161 Å². The number of ether oxygens (including phenoxy) is 2. The SMILES string of the molecule is CCOC(=O)C1=C(C)N(Cc2ccccc2)C(C)=C(C(=O)OCC)C1(C)C. The zero-order valence-electron chi connectivity index (χ0n) is 17.1. The van der Waals surface area contributed by atoms with Crippen molar-refractivity contribution in [1.82, 2.24) is 4.90 Å². The van der Waals surface area contributed by atoms with Gasteiger partial charge in [0.15, 0.2) is 0 Å². The maximum absolute atomic E-state index is 12.8. The summed E-state index contributed by atoms with van der Waals surface area (Å²) < 4.78 is 10.6. The lowest BCUT2D eigenvalue weighted by atomic mass is 9.72. The molecule has 1 aliphatic heterocycles. The molecule has 0 amide bonds.